The quantitative estimate of drug-likeness (QED) is 0.664. The molecule has 1 fully saturated rings. The van der Waals surface area contributed by atoms with Gasteiger partial charge in [-0.2, -0.15) is 0 Å². The molecule has 0 aliphatic carbocycles. The summed E-state index contributed by atoms with van der Waals surface area (Å²) in [6.45, 7) is 3.58. The highest BCUT2D eigenvalue weighted by Gasteiger charge is 2.35. The number of carbonyl (C=O) groups is 1. The van der Waals surface area contributed by atoms with Crippen molar-refractivity contribution < 1.29 is 9.18 Å². The van der Waals surface area contributed by atoms with Gasteiger partial charge in [0.05, 0.1) is 11.9 Å². The summed E-state index contributed by atoms with van der Waals surface area (Å²) in [5, 5.41) is 0. The fourth-order valence-electron chi connectivity index (χ4n) is 4.53. The molecule has 0 radical (unpaired) electrons. The van der Waals surface area contributed by atoms with Gasteiger partial charge in [0, 0.05) is 56.0 Å². The molecule has 0 aromatic carbocycles. The zero-order valence-corrected chi connectivity index (χ0v) is 14.9. The Bertz CT molecular complexity index is 1130. The molecule has 3 aromatic rings. The lowest BCUT2D eigenvalue weighted by atomic mass is 9.82. The van der Waals surface area contributed by atoms with Gasteiger partial charge < -0.3 is 9.47 Å². The van der Waals surface area contributed by atoms with Crippen molar-refractivity contribution >= 4 is 11.6 Å². The van der Waals surface area contributed by atoms with Crippen LogP contribution in [0.3, 0.4) is 0 Å². The largest absolute Gasteiger partial charge is 0.342 e. The van der Waals surface area contributed by atoms with Crippen LogP contribution in [-0.4, -0.2) is 37.8 Å². The van der Waals surface area contributed by atoms with Crippen LogP contribution in [0, 0.1) is 11.7 Å². The number of aromatic nitrogens is 3. The van der Waals surface area contributed by atoms with Gasteiger partial charge in [0.15, 0.2) is 0 Å². The van der Waals surface area contributed by atoms with Crippen molar-refractivity contribution in [2.45, 2.75) is 25.8 Å². The number of imidazole rings is 1. The van der Waals surface area contributed by atoms with E-state index in [0.29, 0.717) is 36.9 Å². The molecule has 3 aromatic heterocycles. The second-order valence-corrected chi connectivity index (χ2v) is 7.56. The number of piperidine rings is 1. The standard InChI is InChI=1S/C20H19FN4O2/c1-12(26)23-8-13-4-15(10-23)17-5-14(6-20(27)25(17)9-13)18-7-22-19-3-2-16(21)11-24(18)19/h2-3,5-7,11,13,15H,4,8-10H2,1H3/t13-,15+/m0/s1. The third-order valence-corrected chi connectivity index (χ3v) is 5.77. The topological polar surface area (TPSA) is 59.6 Å². The molecule has 6 nitrogen and oxygen atoms in total. The Morgan fingerprint density at radius 2 is 2.07 bits per heavy atom. The molecule has 0 spiro atoms. The van der Waals surface area contributed by atoms with Gasteiger partial charge in [0.2, 0.25) is 5.91 Å². The minimum Gasteiger partial charge on any atom is -0.342 e. The first-order chi connectivity index (χ1) is 13.0. The number of hydrogen-bond donors (Lipinski definition) is 0. The molecule has 2 aliphatic heterocycles. The Morgan fingerprint density at radius 1 is 1.22 bits per heavy atom. The van der Waals surface area contributed by atoms with Crippen LogP contribution in [0.2, 0.25) is 0 Å². The highest BCUT2D eigenvalue weighted by Crippen LogP contribution is 2.36. The lowest BCUT2D eigenvalue weighted by molar-refractivity contribution is -0.131. The number of rotatable bonds is 1. The maximum Gasteiger partial charge on any atom is 0.251 e. The molecule has 2 bridgehead atoms. The summed E-state index contributed by atoms with van der Waals surface area (Å²) >= 11 is 0. The smallest absolute Gasteiger partial charge is 0.251 e. The Labute approximate surface area is 154 Å². The van der Waals surface area contributed by atoms with Crippen molar-refractivity contribution in [3.05, 3.63) is 58.5 Å². The Hall–Kier alpha value is -2.96. The molecule has 2 atom stereocenters. The Balaban J connectivity index is 1.64. The normalized spacial score (nSPS) is 21.3. The second kappa shape index (κ2) is 5.77. The predicted molar refractivity (Wildman–Crippen MR) is 97.9 cm³/mol. The molecule has 5 heterocycles. The summed E-state index contributed by atoms with van der Waals surface area (Å²) in [5.41, 5.74) is 2.93. The summed E-state index contributed by atoms with van der Waals surface area (Å²) in [5.74, 6) is 0.177. The second-order valence-electron chi connectivity index (χ2n) is 7.56. The highest BCUT2D eigenvalue weighted by atomic mass is 19.1. The van der Waals surface area contributed by atoms with Gasteiger partial charge in [0.1, 0.15) is 11.5 Å². The summed E-state index contributed by atoms with van der Waals surface area (Å²) in [4.78, 5) is 30.8. The zero-order chi connectivity index (χ0) is 18.7. The molecule has 0 N–H and O–H groups in total. The van der Waals surface area contributed by atoms with E-state index in [-0.39, 0.29) is 23.2 Å². The number of halogens is 1. The number of carbonyl (C=O) groups excluding carboxylic acids is 1. The van der Waals surface area contributed by atoms with Crippen LogP contribution in [0.1, 0.15) is 25.0 Å². The minimum atomic E-state index is -0.358. The SMILES string of the molecule is CC(=O)N1C[C@@H]2C[C@H](C1)c1cc(-c3cnc4ccc(F)cn34)cc(=O)n1C2. The van der Waals surface area contributed by atoms with Crippen molar-refractivity contribution in [2.24, 2.45) is 5.92 Å². The fraction of sp³-hybridized carbons (Fsp3) is 0.350. The third-order valence-electron chi connectivity index (χ3n) is 5.77. The van der Waals surface area contributed by atoms with Crippen molar-refractivity contribution in [1.82, 2.24) is 18.9 Å². The summed E-state index contributed by atoms with van der Waals surface area (Å²) < 4.78 is 17.2. The average Bonchev–Trinajstić information content (AvgIpc) is 3.05. The summed E-state index contributed by atoms with van der Waals surface area (Å²) in [7, 11) is 0. The van der Waals surface area contributed by atoms with Gasteiger partial charge in [-0.25, -0.2) is 9.37 Å². The van der Waals surface area contributed by atoms with E-state index in [4.69, 9.17) is 0 Å². The number of hydrogen-bond acceptors (Lipinski definition) is 3. The monoisotopic (exact) mass is 366 g/mol. The van der Waals surface area contributed by atoms with E-state index in [1.807, 2.05) is 15.5 Å². The van der Waals surface area contributed by atoms with Crippen LogP contribution >= 0.6 is 0 Å². The van der Waals surface area contributed by atoms with E-state index in [9.17, 15) is 14.0 Å². The molecule has 2 aliphatic rings. The van der Waals surface area contributed by atoms with Crippen LogP contribution in [0.25, 0.3) is 16.9 Å². The van der Waals surface area contributed by atoms with Crippen LogP contribution in [0.15, 0.2) is 41.5 Å². The maximum absolute atomic E-state index is 13.7. The zero-order valence-electron chi connectivity index (χ0n) is 14.9. The van der Waals surface area contributed by atoms with E-state index in [0.717, 1.165) is 17.7 Å². The molecule has 7 heteroatoms. The van der Waals surface area contributed by atoms with Crippen molar-refractivity contribution in [3.63, 3.8) is 0 Å². The molecule has 1 saturated heterocycles. The molecule has 0 unspecified atom stereocenters. The van der Waals surface area contributed by atoms with Gasteiger partial charge in [-0.3, -0.25) is 14.0 Å². The van der Waals surface area contributed by atoms with Crippen molar-refractivity contribution in [2.75, 3.05) is 13.1 Å². The Morgan fingerprint density at radius 3 is 2.89 bits per heavy atom. The molecule has 0 saturated carbocycles. The van der Waals surface area contributed by atoms with Crippen LogP contribution in [0.4, 0.5) is 4.39 Å². The van der Waals surface area contributed by atoms with Gasteiger partial charge in [-0.15, -0.1) is 0 Å². The molecular formula is C20H19FN4O2. The van der Waals surface area contributed by atoms with Crippen LogP contribution in [-0.2, 0) is 11.3 Å². The number of nitrogens with zero attached hydrogens (tertiary/aromatic N) is 4. The number of likely N-dealkylation sites (tertiary alicyclic amines) is 1. The number of fused-ring (bicyclic) bond motifs is 5. The van der Waals surface area contributed by atoms with E-state index in [2.05, 4.69) is 4.98 Å². The van der Waals surface area contributed by atoms with Crippen LogP contribution in [0.5, 0.6) is 0 Å². The molecule has 1 amide bonds. The number of pyridine rings is 2. The van der Waals surface area contributed by atoms with Gasteiger partial charge in [-0.1, -0.05) is 0 Å². The van der Waals surface area contributed by atoms with E-state index in [1.54, 1.807) is 29.7 Å². The lowest BCUT2D eigenvalue weighted by Gasteiger charge is -2.42. The Kier molecular flexibility index (Phi) is 3.47. The van der Waals surface area contributed by atoms with E-state index < -0.39 is 0 Å². The fourth-order valence-corrected chi connectivity index (χ4v) is 4.53. The summed E-state index contributed by atoms with van der Waals surface area (Å²) in [6, 6.07) is 6.58. The first-order valence-corrected chi connectivity index (χ1v) is 9.13. The van der Waals surface area contributed by atoms with Crippen molar-refractivity contribution in [1.29, 1.82) is 0 Å². The molecule has 5 rings (SSSR count). The first-order valence-electron chi connectivity index (χ1n) is 9.13. The molecule has 27 heavy (non-hydrogen) atoms. The van der Waals surface area contributed by atoms with Gasteiger partial charge in [0.25, 0.3) is 5.56 Å². The van der Waals surface area contributed by atoms with Gasteiger partial charge >= 0.3 is 0 Å². The van der Waals surface area contributed by atoms with E-state index >= 15 is 0 Å². The average molecular weight is 366 g/mol. The summed E-state index contributed by atoms with van der Waals surface area (Å²) in [6.07, 6.45) is 4.02. The van der Waals surface area contributed by atoms with E-state index in [1.165, 1.54) is 12.3 Å². The first kappa shape index (κ1) is 16.2. The molecule has 138 valence electrons. The maximum atomic E-state index is 13.7. The lowest BCUT2D eigenvalue weighted by Crippen LogP contribution is -2.48. The van der Waals surface area contributed by atoms with Crippen LogP contribution < -0.4 is 5.56 Å². The predicted octanol–water partition coefficient (Wildman–Crippen LogP) is 2.27. The molecular weight excluding hydrogens is 347 g/mol. The highest BCUT2D eigenvalue weighted by molar-refractivity contribution is 5.73. The van der Waals surface area contributed by atoms with Crippen molar-refractivity contribution in [3.8, 4) is 11.3 Å². The minimum absolute atomic E-state index is 0.0557. The van der Waals surface area contributed by atoms with Gasteiger partial charge in [-0.05, 0) is 30.5 Å². The third kappa shape index (κ3) is 2.57. The number of amides is 1.